The van der Waals surface area contributed by atoms with Crippen LogP contribution in [0.3, 0.4) is 0 Å². The molecule has 1 aliphatic heterocycles. The molecule has 0 spiro atoms. The van der Waals surface area contributed by atoms with Crippen molar-refractivity contribution in [2.45, 2.75) is 18.3 Å². The number of nitrogens with one attached hydrogen (secondary N) is 1. The van der Waals surface area contributed by atoms with E-state index in [9.17, 15) is 13.2 Å². The van der Waals surface area contributed by atoms with Gasteiger partial charge in [-0.15, -0.1) is 13.2 Å². The van der Waals surface area contributed by atoms with Crippen molar-refractivity contribution < 1.29 is 17.9 Å². The molecule has 0 unspecified atom stereocenters. The Bertz CT molecular complexity index is 946. The third-order valence-electron chi connectivity index (χ3n) is 4.97. The van der Waals surface area contributed by atoms with Crippen molar-refractivity contribution in [1.82, 2.24) is 14.9 Å². The molecule has 8 heteroatoms. The molecule has 1 N–H and O–H groups in total. The van der Waals surface area contributed by atoms with E-state index in [4.69, 9.17) is 11.6 Å². The maximum atomic E-state index is 12.3. The molecule has 1 saturated heterocycles. The first-order valence-electron chi connectivity index (χ1n) is 8.73. The molecule has 2 aromatic carbocycles. The van der Waals surface area contributed by atoms with Crippen molar-refractivity contribution in [3.05, 3.63) is 71.6 Å². The average molecular weight is 408 g/mol. The fourth-order valence-electron chi connectivity index (χ4n) is 3.59. The van der Waals surface area contributed by atoms with Gasteiger partial charge in [-0.1, -0.05) is 23.7 Å². The van der Waals surface area contributed by atoms with Crippen molar-refractivity contribution in [2.75, 3.05) is 13.1 Å². The van der Waals surface area contributed by atoms with Crippen molar-refractivity contribution in [3.8, 4) is 17.0 Å². The van der Waals surface area contributed by atoms with Gasteiger partial charge in [0.25, 0.3) is 0 Å². The Labute approximate surface area is 164 Å². The van der Waals surface area contributed by atoms with Gasteiger partial charge in [-0.25, -0.2) is 4.98 Å². The standard InChI is InChI=1S/C20H17ClF3N3O/c21-16-5-3-15(4-6-16)19(9-10-25-12-19)27-11-18(26-13-27)14-1-7-17(8-2-14)28-20(22,23)24/h1-8,11,13,25H,9-10,12H2/t19-/m0/s1. The SMILES string of the molecule is FC(F)(F)Oc1ccc(-c2cn([C@@]3(c4ccc(Cl)cc4)CCNC3)cn2)cc1. The highest BCUT2D eigenvalue weighted by atomic mass is 35.5. The summed E-state index contributed by atoms with van der Waals surface area (Å²) >= 11 is 6.03. The van der Waals surface area contributed by atoms with Crippen LogP contribution in [-0.2, 0) is 5.54 Å². The van der Waals surface area contributed by atoms with E-state index in [0.717, 1.165) is 25.1 Å². The van der Waals surface area contributed by atoms with Crippen LogP contribution in [0.4, 0.5) is 13.2 Å². The second kappa shape index (κ2) is 7.14. The van der Waals surface area contributed by atoms with Crippen LogP contribution in [0.1, 0.15) is 12.0 Å². The zero-order chi connectivity index (χ0) is 19.8. The van der Waals surface area contributed by atoms with Crippen LogP contribution in [0, 0.1) is 0 Å². The number of aromatic nitrogens is 2. The van der Waals surface area contributed by atoms with Crippen molar-refractivity contribution in [1.29, 1.82) is 0 Å². The summed E-state index contributed by atoms with van der Waals surface area (Å²) in [7, 11) is 0. The summed E-state index contributed by atoms with van der Waals surface area (Å²) in [4.78, 5) is 4.47. The van der Waals surface area contributed by atoms with E-state index in [-0.39, 0.29) is 11.3 Å². The molecule has 146 valence electrons. The predicted molar refractivity (Wildman–Crippen MR) is 100 cm³/mol. The number of nitrogens with zero attached hydrogens (tertiary/aromatic N) is 2. The summed E-state index contributed by atoms with van der Waals surface area (Å²) in [5, 5.41) is 4.08. The highest BCUT2D eigenvalue weighted by molar-refractivity contribution is 6.30. The molecular formula is C20H17ClF3N3O. The number of alkyl halides is 3. The number of hydrogen-bond donors (Lipinski definition) is 1. The molecule has 0 amide bonds. The second-order valence-electron chi connectivity index (χ2n) is 6.70. The minimum Gasteiger partial charge on any atom is -0.406 e. The van der Waals surface area contributed by atoms with Gasteiger partial charge in [-0.2, -0.15) is 0 Å². The van der Waals surface area contributed by atoms with Gasteiger partial charge in [0.2, 0.25) is 0 Å². The van der Waals surface area contributed by atoms with Crippen LogP contribution in [0.5, 0.6) is 5.75 Å². The van der Waals surface area contributed by atoms with E-state index < -0.39 is 6.36 Å². The van der Waals surface area contributed by atoms with E-state index >= 15 is 0 Å². The zero-order valence-electron chi connectivity index (χ0n) is 14.7. The molecule has 2 heterocycles. The fourth-order valence-corrected chi connectivity index (χ4v) is 3.71. The first-order valence-corrected chi connectivity index (χ1v) is 9.11. The van der Waals surface area contributed by atoms with Crippen LogP contribution in [0.15, 0.2) is 61.1 Å². The number of rotatable bonds is 4. The smallest absolute Gasteiger partial charge is 0.406 e. The summed E-state index contributed by atoms with van der Waals surface area (Å²) in [6.45, 7) is 1.63. The lowest BCUT2D eigenvalue weighted by molar-refractivity contribution is -0.274. The molecule has 0 radical (unpaired) electrons. The largest absolute Gasteiger partial charge is 0.573 e. The van der Waals surface area contributed by atoms with Gasteiger partial charge in [0, 0.05) is 23.3 Å². The topological polar surface area (TPSA) is 39.1 Å². The predicted octanol–water partition coefficient (Wildman–Crippen LogP) is 4.84. The number of benzene rings is 2. The van der Waals surface area contributed by atoms with E-state index in [1.807, 2.05) is 30.5 Å². The highest BCUT2D eigenvalue weighted by Crippen LogP contribution is 2.35. The average Bonchev–Trinajstić information content (AvgIpc) is 3.32. The molecule has 3 aromatic rings. The normalized spacial score (nSPS) is 19.7. The van der Waals surface area contributed by atoms with Crippen LogP contribution in [0.25, 0.3) is 11.3 Å². The maximum absolute atomic E-state index is 12.3. The first-order chi connectivity index (χ1) is 13.4. The molecule has 0 aliphatic carbocycles. The van der Waals surface area contributed by atoms with Gasteiger partial charge in [-0.3, -0.25) is 0 Å². The van der Waals surface area contributed by atoms with Crippen LogP contribution in [0.2, 0.25) is 5.02 Å². The summed E-state index contributed by atoms with van der Waals surface area (Å²) < 4.78 is 42.9. The first kappa shape index (κ1) is 18.8. The summed E-state index contributed by atoms with van der Waals surface area (Å²) in [5.41, 5.74) is 2.24. The van der Waals surface area contributed by atoms with Gasteiger partial charge >= 0.3 is 6.36 Å². The number of hydrogen-bond acceptors (Lipinski definition) is 3. The quantitative estimate of drug-likeness (QED) is 0.672. The van der Waals surface area contributed by atoms with Gasteiger partial charge in [0.05, 0.1) is 17.6 Å². The molecule has 0 bridgehead atoms. The maximum Gasteiger partial charge on any atom is 0.573 e. The van der Waals surface area contributed by atoms with Crippen LogP contribution < -0.4 is 10.1 Å². The minimum atomic E-state index is -4.70. The van der Waals surface area contributed by atoms with Gasteiger partial charge in [-0.05, 0) is 54.9 Å². The summed E-state index contributed by atoms with van der Waals surface area (Å²) in [6, 6.07) is 13.5. The second-order valence-corrected chi connectivity index (χ2v) is 7.14. The Kier molecular flexibility index (Phi) is 4.81. The third kappa shape index (κ3) is 3.72. The lowest BCUT2D eigenvalue weighted by Crippen LogP contribution is -2.36. The summed E-state index contributed by atoms with van der Waals surface area (Å²) in [6.07, 6.45) is -0.134. The van der Waals surface area contributed by atoms with E-state index in [1.165, 1.54) is 12.1 Å². The Morgan fingerprint density at radius 2 is 1.79 bits per heavy atom. The number of halogens is 4. The zero-order valence-corrected chi connectivity index (χ0v) is 15.5. The van der Waals surface area contributed by atoms with Crippen molar-refractivity contribution in [3.63, 3.8) is 0 Å². The minimum absolute atomic E-state index is 0.256. The number of ether oxygens (including phenoxy) is 1. The molecule has 0 saturated carbocycles. The van der Waals surface area contributed by atoms with Crippen molar-refractivity contribution in [2.24, 2.45) is 0 Å². The van der Waals surface area contributed by atoms with Gasteiger partial charge in [0.15, 0.2) is 0 Å². The lowest BCUT2D eigenvalue weighted by atomic mass is 9.88. The monoisotopic (exact) mass is 407 g/mol. The van der Waals surface area contributed by atoms with Gasteiger partial charge < -0.3 is 14.6 Å². The Hall–Kier alpha value is -2.51. The van der Waals surface area contributed by atoms with Gasteiger partial charge in [0.1, 0.15) is 5.75 Å². The molecule has 1 atom stereocenters. The van der Waals surface area contributed by atoms with E-state index in [0.29, 0.717) is 16.3 Å². The van der Waals surface area contributed by atoms with E-state index in [1.54, 1.807) is 18.5 Å². The molecule has 28 heavy (non-hydrogen) atoms. The Morgan fingerprint density at radius 1 is 1.07 bits per heavy atom. The van der Waals surface area contributed by atoms with Crippen LogP contribution >= 0.6 is 11.6 Å². The molecule has 1 fully saturated rings. The number of imidazole rings is 1. The summed E-state index contributed by atoms with van der Waals surface area (Å²) in [5.74, 6) is -0.256. The van der Waals surface area contributed by atoms with Crippen molar-refractivity contribution >= 4 is 11.6 Å². The molecule has 1 aliphatic rings. The Balaban J connectivity index is 1.63. The lowest BCUT2D eigenvalue weighted by Gasteiger charge is -2.30. The third-order valence-corrected chi connectivity index (χ3v) is 5.23. The van der Waals surface area contributed by atoms with E-state index in [2.05, 4.69) is 19.6 Å². The fraction of sp³-hybridized carbons (Fsp3) is 0.250. The molecule has 4 nitrogen and oxygen atoms in total. The molecular weight excluding hydrogens is 391 g/mol. The molecule has 4 rings (SSSR count). The molecule has 1 aromatic heterocycles. The highest BCUT2D eigenvalue weighted by Gasteiger charge is 2.37. The Morgan fingerprint density at radius 3 is 2.39 bits per heavy atom. The van der Waals surface area contributed by atoms with Crippen LogP contribution in [-0.4, -0.2) is 29.0 Å².